The highest BCUT2D eigenvalue weighted by molar-refractivity contribution is 9.10. The van der Waals surface area contributed by atoms with Crippen molar-refractivity contribution in [3.05, 3.63) is 63.6 Å². The zero-order valence-electron chi connectivity index (χ0n) is 11.8. The summed E-state index contributed by atoms with van der Waals surface area (Å²) < 4.78 is 33.5. The lowest BCUT2D eigenvalue weighted by Crippen LogP contribution is -2.23. The highest BCUT2D eigenvalue weighted by atomic mass is 79.9. The number of hydrogen-bond acceptors (Lipinski definition) is 2. The van der Waals surface area contributed by atoms with Gasteiger partial charge in [0.1, 0.15) is 5.75 Å². The van der Waals surface area contributed by atoms with E-state index < -0.39 is 17.7 Å². The first-order valence-corrected chi connectivity index (χ1v) is 7.38. The largest absolute Gasteiger partial charge is 0.496 e. The number of ether oxygens (including phenoxy) is 1. The van der Waals surface area contributed by atoms with E-state index in [9.17, 15) is 8.78 Å². The summed E-state index contributed by atoms with van der Waals surface area (Å²) in [4.78, 5) is 0. The van der Waals surface area contributed by atoms with Crippen molar-refractivity contribution in [1.29, 1.82) is 0 Å². The van der Waals surface area contributed by atoms with Crippen LogP contribution in [0.5, 0.6) is 5.75 Å². The Kier molecular flexibility index (Phi) is 5.31. The number of hydrogen-bond donors (Lipinski definition) is 1. The number of benzene rings is 2. The summed E-state index contributed by atoms with van der Waals surface area (Å²) >= 11 is 3.41. The molecule has 0 aliphatic rings. The molecule has 1 atom stereocenters. The van der Waals surface area contributed by atoms with Gasteiger partial charge in [-0.3, -0.25) is 0 Å². The Bertz CT molecular complexity index is 634. The molecular formula is C16H16BrF2NO. The number of nitrogens with one attached hydrogen (secondary N) is 1. The minimum Gasteiger partial charge on any atom is -0.496 e. The van der Waals surface area contributed by atoms with Crippen LogP contribution < -0.4 is 10.1 Å². The molecule has 1 unspecified atom stereocenters. The molecule has 2 rings (SSSR count). The molecule has 0 aliphatic heterocycles. The third kappa shape index (κ3) is 3.41. The maximum atomic E-state index is 14.1. The van der Waals surface area contributed by atoms with Crippen molar-refractivity contribution in [2.45, 2.75) is 13.0 Å². The third-order valence-electron chi connectivity index (χ3n) is 3.21. The Morgan fingerprint density at radius 1 is 1.24 bits per heavy atom. The van der Waals surface area contributed by atoms with Crippen molar-refractivity contribution in [2.24, 2.45) is 0 Å². The van der Waals surface area contributed by atoms with Gasteiger partial charge in [-0.2, -0.15) is 0 Å². The monoisotopic (exact) mass is 355 g/mol. The summed E-state index contributed by atoms with van der Waals surface area (Å²) in [6.45, 7) is 2.55. The van der Waals surface area contributed by atoms with Gasteiger partial charge in [0, 0.05) is 5.56 Å². The first kappa shape index (κ1) is 15.9. The molecule has 2 nitrogen and oxygen atoms in total. The molecule has 0 saturated carbocycles. The minimum atomic E-state index is -0.844. The minimum absolute atomic E-state index is 0.286. The fraction of sp³-hybridized carbons (Fsp3) is 0.250. The molecule has 5 heteroatoms. The smallest absolute Gasteiger partial charge is 0.163 e. The molecule has 0 fully saturated rings. The molecule has 21 heavy (non-hydrogen) atoms. The predicted octanol–water partition coefficient (Wildman–Crippen LogP) is 4.43. The highest BCUT2D eigenvalue weighted by Gasteiger charge is 2.20. The summed E-state index contributed by atoms with van der Waals surface area (Å²) in [7, 11) is 1.58. The summed E-state index contributed by atoms with van der Waals surface area (Å²) in [5.41, 5.74) is 1.11. The zero-order valence-corrected chi connectivity index (χ0v) is 13.4. The summed E-state index contributed by atoms with van der Waals surface area (Å²) in [6.07, 6.45) is 0. The first-order valence-electron chi connectivity index (χ1n) is 6.59. The molecule has 0 aliphatic carbocycles. The van der Waals surface area contributed by atoms with Gasteiger partial charge in [0.05, 0.1) is 17.6 Å². The molecule has 112 valence electrons. The van der Waals surface area contributed by atoms with Crippen molar-refractivity contribution in [3.8, 4) is 5.75 Å². The molecule has 2 aromatic carbocycles. The second kappa shape index (κ2) is 7.00. The molecule has 0 amide bonds. The Morgan fingerprint density at radius 2 is 2.00 bits per heavy atom. The van der Waals surface area contributed by atoms with E-state index in [1.807, 2.05) is 19.1 Å². The number of methoxy groups -OCH3 is 1. The van der Waals surface area contributed by atoms with Crippen LogP contribution >= 0.6 is 15.9 Å². The molecule has 0 aromatic heterocycles. The van der Waals surface area contributed by atoms with E-state index >= 15 is 0 Å². The molecule has 0 radical (unpaired) electrons. The van der Waals surface area contributed by atoms with Crippen LogP contribution in [0, 0.1) is 11.6 Å². The number of rotatable bonds is 5. The Morgan fingerprint density at radius 3 is 2.62 bits per heavy atom. The molecular weight excluding hydrogens is 340 g/mol. The zero-order chi connectivity index (χ0) is 15.4. The van der Waals surface area contributed by atoms with Gasteiger partial charge in [-0.1, -0.05) is 25.1 Å². The van der Waals surface area contributed by atoms with Gasteiger partial charge in [0.2, 0.25) is 0 Å². The topological polar surface area (TPSA) is 21.3 Å². The normalized spacial score (nSPS) is 12.2. The van der Waals surface area contributed by atoms with E-state index in [-0.39, 0.29) is 5.56 Å². The van der Waals surface area contributed by atoms with Crippen molar-refractivity contribution in [3.63, 3.8) is 0 Å². The second-order valence-corrected chi connectivity index (χ2v) is 5.38. The molecule has 0 bridgehead atoms. The fourth-order valence-corrected chi connectivity index (χ4v) is 2.78. The standard InChI is InChI=1S/C16H16BrF2NO/c1-3-20-16(11-5-4-6-13(18)15(11)19)10-7-8-14(21-2)12(17)9-10/h4-9,16,20H,3H2,1-2H3. The second-order valence-electron chi connectivity index (χ2n) is 4.53. The molecule has 2 aromatic rings. The van der Waals surface area contributed by atoms with Crippen LogP contribution in [0.25, 0.3) is 0 Å². The predicted molar refractivity (Wildman–Crippen MR) is 82.6 cm³/mol. The van der Waals surface area contributed by atoms with Gasteiger partial charge in [0.25, 0.3) is 0 Å². The lowest BCUT2D eigenvalue weighted by Gasteiger charge is -2.20. The van der Waals surface area contributed by atoms with Gasteiger partial charge < -0.3 is 10.1 Å². The van der Waals surface area contributed by atoms with Crippen LogP contribution in [-0.2, 0) is 0 Å². The van der Waals surface area contributed by atoms with Gasteiger partial charge in [0.15, 0.2) is 11.6 Å². The van der Waals surface area contributed by atoms with Crippen molar-refractivity contribution >= 4 is 15.9 Å². The van der Waals surface area contributed by atoms with Gasteiger partial charge >= 0.3 is 0 Å². The average Bonchev–Trinajstić information content (AvgIpc) is 2.48. The van der Waals surface area contributed by atoms with Gasteiger partial charge in [-0.25, -0.2) is 8.78 Å². The average molecular weight is 356 g/mol. The van der Waals surface area contributed by atoms with Crippen LogP contribution in [0.15, 0.2) is 40.9 Å². The molecule has 0 heterocycles. The summed E-state index contributed by atoms with van der Waals surface area (Å²) in [5.74, 6) is -0.980. The van der Waals surface area contributed by atoms with Crippen LogP contribution in [0.3, 0.4) is 0 Å². The van der Waals surface area contributed by atoms with Gasteiger partial charge in [-0.05, 0) is 46.2 Å². The highest BCUT2D eigenvalue weighted by Crippen LogP contribution is 2.31. The van der Waals surface area contributed by atoms with E-state index in [0.717, 1.165) is 16.1 Å². The van der Waals surface area contributed by atoms with E-state index in [4.69, 9.17) is 4.74 Å². The van der Waals surface area contributed by atoms with Crippen LogP contribution in [0.1, 0.15) is 24.1 Å². The van der Waals surface area contributed by atoms with Crippen molar-refractivity contribution < 1.29 is 13.5 Å². The maximum absolute atomic E-state index is 14.1. The molecule has 1 N–H and O–H groups in total. The molecule has 0 spiro atoms. The summed E-state index contributed by atoms with van der Waals surface area (Å²) in [5, 5.41) is 3.18. The van der Waals surface area contributed by atoms with Crippen LogP contribution in [0.2, 0.25) is 0 Å². The lowest BCUT2D eigenvalue weighted by molar-refractivity contribution is 0.411. The van der Waals surface area contributed by atoms with E-state index in [0.29, 0.717) is 12.3 Å². The van der Waals surface area contributed by atoms with E-state index in [1.165, 1.54) is 6.07 Å². The molecule has 0 saturated heterocycles. The van der Waals surface area contributed by atoms with E-state index in [1.54, 1.807) is 19.2 Å². The van der Waals surface area contributed by atoms with Crippen molar-refractivity contribution in [2.75, 3.05) is 13.7 Å². The number of halogens is 3. The fourth-order valence-electron chi connectivity index (χ4n) is 2.22. The lowest BCUT2D eigenvalue weighted by atomic mass is 9.98. The third-order valence-corrected chi connectivity index (χ3v) is 3.83. The Balaban J connectivity index is 2.48. The van der Waals surface area contributed by atoms with Crippen molar-refractivity contribution in [1.82, 2.24) is 5.32 Å². The SMILES string of the molecule is CCNC(c1ccc(OC)c(Br)c1)c1cccc(F)c1F. The van der Waals surface area contributed by atoms with Crippen LogP contribution in [0.4, 0.5) is 8.78 Å². The van der Waals surface area contributed by atoms with E-state index in [2.05, 4.69) is 21.2 Å². The maximum Gasteiger partial charge on any atom is 0.163 e. The quantitative estimate of drug-likeness (QED) is 0.856. The first-order chi connectivity index (χ1) is 10.1. The van der Waals surface area contributed by atoms with Crippen LogP contribution in [-0.4, -0.2) is 13.7 Å². The Hall–Kier alpha value is -1.46. The van der Waals surface area contributed by atoms with Gasteiger partial charge in [-0.15, -0.1) is 0 Å². The summed E-state index contributed by atoms with van der Waals surface area (Å²) in [6, 6.07) is 9.26. The Labute approximate surface area is 131 Å².